The highest BCUT2D eigenvalue weighted by Gasteiger charge is 2.56. The molecule has 4 nitrogen and oxygen atoms in total. The highest BCUT2D eigenvalue weighted by atomic mass is 16.2. The zero-order valence-corrected chi connectivity index (χ0v) is 16.2. The number of nitrogens with one attached hydrogen (secondary N) is 1. The molecule has 2 aromatic rings. The van der Waals surface area contributed by atoms with Gasteiger partial charge in [0.25, 0.3) is 5.91 Å². The van der Waals surface area contributed by atoms with Crippen molar-refractivity contribution in [3.05, 3.63) is 71.8 Å². The quantitative estimate of drug-likeness (QED) is 0.796. The van der Waals surface area contributed by atoms with E-state index in [1.54, 1.807) is 4.90 Å². The molecule has 1 atom stereocenters. The molecule has 0 radical (unpaired) electrons. The molecule has 1 N–H and O–H groups in total. The molecule has 4 rings (SSSR count). The van der Waals surface area contributed by atoms with Crippen molar-refractivity contribution in [2.75, 3.05) is 4.90 Å². The number of carbonyl (C=O) groups is 2. The lowest BCUT2D eigenvalue weighted by Gasteiger charge is -2.49. The molecule has 2 fully saturated rings. The molecule has 1 saturated carbocycles. The first-order chi connectivity index (χ1) is 13.6. The van der Waals surface area contributed by atoms with E-state index in [9.17, 15) is 9.59 Å². The lowest BCUT2D eigenvalue weighted by molar-refractivity contribution is -0.137. The molecule has 1 saturated heterocycles. The van der Waals surface area contributed by atoms with Crippen LogP contribution in [-0.4, -0.2) is 23.4 Å². The highest BCUT2D eigenvalue weighted by Crippen LogP contribution is 2.39. The van der Waals surface area contributed by atoms with E-state index in [2.05, 4.69) is 5.32 Å². The van der Waals surface area contributed by atoms with Crippen molar-refractivity contribution >= 4 is 23.6 Å². The van der Waals surface area contributed by atoms with Crippen molar-refractivity contribution in [2.45, 2.75) is 50.6 Å². The Labute approximate surface area is 166 Å². The molecule has 4 heteroatoms. The number of amides is 2. The fourth-order valence-electron chi connectivity index (χ4n) is 4.23. The van der Waals surface area contributed by atoms with E-state index in [0.717, 1.165) is 42.5 Å². The van der Waals surface area contributed by atoms with Crippen LogP contribution in [0.4, 0.5) is 5.69 Å². The Kier molecular flexibility index (Phi) is 5.03. The first-order valence-corrected chi connectivity index (χ1v) is 10.0. The summed E-state index contributed by atoms with van der Waals surface area (Å²) in [5.41, 5.74) is 1.88. The Hall–Kier alpha value is -2.88. The fraction of sp³-hybridized carbons (Fsp3) is 0.333. The molecule has 1 aliphatic heterocycles. The summed E-state index contributed by atoms with van der Waals surface area (Å²) in [6.45, 7) is 1.99. The number of rotatable bonds is 5. The molecule has 1 heterocycles. The molecule has 2 aliphatic rings. The predicted molar refractivity (Wildman–Crippen MR) is 112 cm³/mol. The van der Waals surface area contributed by atoms with Gasteiger partial charge in [0.15, 0.2) is 5.54 Å². The fourth-order valence-corrected chi connectivity index (χ4v) is 4.23. The first-order valence-electron chi connectivity index (χ1n) is 10.0. The van der Waals surface area contributed by atoms with Crippen molar-refractivity contribution < 1.29 is 9.59 Å². The van der Waals surface area contributed by atoms with Gasteiger partial charge in [-0.05, 0) is 49.1 Å². The van der Waals surface area contributed by atoms with Gasteiger partial charge in [-0.1, -0.05) is 61.4 Å². The van der Waals surface area contributed by atoms with Crippen molar-refractivity contribution in [1.82, 2.24) is 5.32 Å². The summed E-state index contributed by atoms with van der Waals surface area (Å²) in [6, 6.07) is 17.9. The molecular weight excluding hydrogens is 348 g/mol. The summed E-state index contributed by atoms with van der Waals surface area (Å²) in [6.07, 6.45) is 8.38. The minimum Gasteiger partial charge on any atom is -0.351 e. The number of hydrogen-bond acceptors (Lipinski definition) is 2. The molecule has 1 unspecified atom stereocenters. The average molecular weight is 374 g/mol. The second-order valence-electron chi connectivity index (χ2n) is 7.87. The minimum absolute atomic E-state index is 0.0233. The van der Waals surface area contributed by atoms with Gasteiger partial charge >= 0.3 is 0 Å². The van der Waals surface area contributed by atoms with Gasteiger partial charge in [-0.15, -0.1) is 0 Å². The Morgan fingerprint density at radius 2 is 1.86 bits per heavy atom. The third-order valence-electron chi connectivity index (χ3n) is 5.76. The van der Waals surface area contributed by atoms with Crippen LogP contribution in [0.15, 0.2) is 60.7 Å². The number of hydrogen-bond donors (Lipinski definition) is 1. The van der Waals surface area contributed by atoms with E-state index in [-0.39, 0.29) is 24.3 Å². The maximum absolute atomic E-state index is 13.4. The number of nitrogens with zero attached hydrogens (tertiary/aromatic N) is 1. The SMILES string of the molecule is Cc1cccc(N2C(=O)CC2(C=Cc2ccccc2)C(=O)NC2CCCC2)c1. The minimum atomic E-state index is -0.969. The number of anilines is 1. The molecule has 144 valence electrons. The Bertz CT molecular complexity index is 900. The Balaban J connectivity index is 1.69. The zero-order valence-electron chi connectivity index (χ0n) is 16.2. The lowest BCUT2D eigenvalue weighted by atomic mass is 9.80. The standard InChI is InChI=1S/C24H26N2O2/c1-18-8-7-13-21(16-18)26-22(27)17-24(26,15-14-19-9-3-2-4-10-19)23(28)25-20-11-5-6-12-20/h2-4,7-10,13-16,20H,5-6,11-12,17H2,1H3,(H,25,28). The van der Waals surface area contributed by atoms with Crippen molar-refractivity contribution in [3.8, 4) is 0 Å². The molecule has 2 amide bonds. The second-order valence-corrected chi connectivity index (χ2v) is 7.87. The van der Waals surface area contributed by atoms with E-state index < -0.39 is 5.54 Å². The van der Waals surface area contributed by atoms with Gasteiger partial charge in [0, 0.05) is 11.7 Å². The van der Waals surface area contributed by atoms with Gasteiger partial charge in [0.05, 0.1) is 6.42 Å². The van der Waals surface area contributed by atoms with E-state index >= 15 is 0 Å². The van der Waals surface area contributed by atoms with Crippen molar-refractivity contribution in [3.63, 3.8) is 0 Å². The van der Waals surface area contributed by atoms with Crippen LogP contribution in [-0.2, 0) is 9.59 Å². The normalized spacial score (nSPS) is 22.5. The van der Waals surface area contributed by atoms with Gasteiger partial charge in [-0.3, -0.25) is 14.5 Å². The Morgan fingerprint density at radius 1 is 1.11 bits per heavy atom. The first kappa shape index (κ1) is 18.5. The van der Waals surface area contributed by atoms with Crippen LogP contribution in [0, 0.1) is 6.92 Å². The van der Waals surface area contributed by atoms with Crippen molar-refractivity contribution in [2.24, 2.45) is 0 Å². The average Bonchev–Trinajstić information content (AvgIpc) is 3.18. The molecule has 1 aliphatic carbocycles. The summed E-state index contributed by atoms with van der Waals surface area (Å²) >= 11 is 0. The Morgan fingerprint density at radius 3 is 2.54 bits per heavy atom. The number of benzene rings is 2. The van der Waals surface area contributed by atoms with Gasteiger partial charge in [-0.2, -0.15) is 0 Å². The number of aryl methyl sites for hydroxylation is 1. The molecule has 0 spiro atoms. The van der Waals surface area contributed by atoms with E-state index in [4.69, 9.17) is 0 Å². The van der Waals surface area contributed by atoms with Gasteiger partial charge in [0.2, 0.25) is 5.91 Å². The summed E-state index contributed by atoms with van der Waals surface area (Å²) < 4.78 is 0. The zero-order chi connectivity index (χ0) is 19.6. The van der Waals surface area contributed by atoms with Crippen LogP contribution in [0.1, 0.15) is 43.2 Å². The van der Waals surface area contributed by atoms with E-state index in [1.807, 2.05) is 73.7 Å². The smallest absolute Gasteiger partial charge is 0.251 e. The van der Waals surface area contributed by atoms with Crippen LogP contribution in [0.3, 0.4) is 0 Å². The molecule has 0 bridgehead atoms. The third kappa shape index (κ3) is 3.47. The van der Waals surface area contributed by atoms with Crippen molar-refractivity contribution in [1.29, 1.82) is 0 Å². The van der Waals surface area contributed by atoms with Gasteiger partial charge in [-0.25, -0.2) is 0 Å². The highest BCUT2D eigenvalue weighted by molar-refractivity contribution is 6.15. The van der Waals surface area contributed by atoms with Crippen LogP contribution < -0.4 is 10.2 Å². The number of β-lactam (4-membered cyclic amide) rings is 1. The van der Waals surface area contributed by atoms with Crippen LogP contribution in [0.2, 0.25) is 0 Å². The van der Waals surface area contributed by atoms with Crippen LogP contribution in [0.5, 0.6) is 0 Å². The second kappa shape index (κ2) is 7.63. The maximum atomic E-state index is 13.4. The van der Waals surface area contributed by atoms with Gasteiger partial charge in [0.1, 0.15) is 0 Å². The van der Waals surface area contributed by atoms with E-state index in [1.165, 1.54) is 0 Å². The topological polar surface area (TPSA) is 49.4 Å². The third-order valence-corrected chi connectivity index (χ3v) is 5.76. The summed E-state index contributed by atoms with van der Waals surface area (Å²) in [4.78, 5) is 27.7. The lowest BCUT2D eigenvalue weighted by Crippen LogP contribution is -2.70. The van der Waals surface area contributed by atoms with Gasteiger partial charge < -0.3 is 5.32 Å². The molecule has 0 aromatic heterocycles. The van der Waals surface area contributed by atoms with Crippen LogP contribution >= 0.6 is 0 Å². The summed E-state index contributed by atoms with van der Waals surface area (Å²) in [5.74, 6) is -0.0995. The summed E-state index contributed by atoms with van der Waals surface area (Å²) in [5, 5.41) is 3.21. The monoisotopic (exact) mass is 374 g/mol. The van der Waals surface area contributed by atoms with Crippen LogP contribution in [0.25, 0.3) is 6.08 Å². The molecule has 2 aromatic carbocycles. The van der Waals surface area contributed by atoms with E-state index in [0.29, 0.717) is 0 Å². The molecular formula is C24H26N2O2. The largest absolute Gasteiger partial charge is 0.351 e. The number of carbonyl (C=O) groups excluding carboxylic acids is 2. The maximum Gasteiger partial charge on any atom is 0.251 e. The predicted octanol–water partition coefficient (Wildman–Crippen LogP) is 4.24. The summed E-state index contributed by atoms with van der Waals surface area (Å²) in [7, 11) is 0. The molecule has 28 heavy (non-hydrogen) atoms.